The molecule has 1 aliphatic rings. The summed E-state index contributed by atoms with van der Waals surface area (Å²) in [4.78, 5) is 4.62. The lowest BCUT2D eigenvalue weighted by Gasteiger charge is -2.16. The molecule has 1 rings (SSSR count). The van der Waals surface area contributed by atoms with Crippen molar-refractivity contribution in [3.63, 3.8) is 0 Å². The second-order valence-electron chi connectivity index (χ2n) is 2.89. The molecule has 0 aromatic rings. The van der Waals surface area contributed by atoms with E-state index in [1.165, 1.54) is 7.11 Å². The van der Waals surface area contributed by atoms with Gasteiger partial charge in [-0.25, -0.2) is 0 Å². The summed E-state index contributed by atoms with van der Waals surface area (Å²) in [5.41, 5.74) is 6.94. The van der Waals surface area contributed by atoms with Gasteiger partial charge in [-0.2, -0.15) is 0 Å². The first kappa shape index (κ1) is 11.8. The normalized spacial score (nSPS) is 18.3. The second-order valence-corrected chi connectivity index (χ2v) is 2.89. The molecule has 1 aliphatic carbocycles. The van der Waals surface area contributed by atoms with Gasteiger partial charge in [0.2, 0.25) is 0 Å². The van der Waals surface area contributed by atoms with Crippen LogP contribution in [0.1, 0.15) is 6.42 Å². The maximum Gasteiger partial charge on any atom is 0.707 e. The Balaban J connectivity index is 2.78. The molecule has 0 saturated heterocycles. The third-order valence-corrected chi connectivity index (χ3v) is 1.86. The standard InChI is InChI=1S/C8H13BN2O4/c1-14-11-7-2-3-8(15-9(12)13)6(4-7)5-10/h2-3,12-13H,4-5,10H2,1H3. The molecule has 0 amide bonds. The molecule has 0 aromatic carbocycles. The van der Waals surface area contributed by atoms with Gasteiger partial charge in [0, 0.05) is 13.0 Å². The van der Waals surface area contributed by atoms with Crippen molar-refractivity contribution in [3.8, 4) is 0 Å². The van der Waals surface area contributed by atoms with Crippen molar-refractivity contribution in [3.05, 3.63) is 23.5 Å². The van der Waals surface area contributed by atoms with Crippen LogP contribution in [0.2, 0.25) is 0 Å². The topological polar surface area (TPSA) is 97.3 Å². The highest BCUT2D eigenvalue weighted by Gasteiger charge is 2.18. The Labute approximate surface area is 87.8 Å². The SMILES string of the molecule is CON=C1C=CC(OB(O)O)=C(CN)C1. The molecule has 0 unspecified atom stereocenters. The van der Waals surface area contributed by atoms with Gasteiger partial charge in [-0.05, 0) is 17.7 Å². The van der Waals surface area contributed by atoms with E-state index in [9.17, 15) is 0 Å². The van der Waals surface area contributed by atoms with Crippen LogP contribution in [0.15, 0.2) is 28.6 Å². The van der Waals surface area contributed by atoms with Gasteiger partial charge in [0.25, 0.3) is 0 Å². The fraction of sp³-hybridized carbons (Fsp3) is 0.375. The predicted octanol–water partition coefficient (Wildman–Crippen LogP) is -0.852. The Morgan fingerprint density at radius 2 is 2.27 bits per heavy atom. The molecular formula is C8H13BN2O4. The van der Waals surface area contributed by atoms with Gasteiger partial charge < -0.3 is 25.3 Å². The van der Waals surface area contributed by atoms with E-state index < -0.39 is 7.32 Å². The minimum atomic E-state index is -1.84. The summed E-state index contributed by atoms with van der Waals surface area (Å²) in [5, 5.41) is 21.1. The number of oxime groups is 1. The molecule has 7 heteroatoms. The second kappa shape index (κ2) is 5.55. The highest BCUT2D eigenvalue weighted by atomic mass is 16.6. The van der Waals surface area contributed by atoms with E-state index in [0.717, 1.165) is 5.57 Å². The van der Waals surface area contributed by atoms with Crippen LogP contribution in [0.5, 0.6) is 0 Å². The Hall–Kier alpha value is -1.31. The number of hydrogen-bond acceptors (Lipinski definition) is 6. The summed E-state index contributed by atoms with van der Waals surface area (Å²) in [5.74, 6) is 0.363. The van der Waals surface area contributed by atoms with Crippen molar-refractivity contribution >= 4 is 13.0 Å². The van der Waals surface area contributed by atoms with Gasteiger partial charge in [0.05, 0.1) is 5.71 Å². The molecule has 0 saturated carbocycles. The van der Waals surface area contributed by atoms with Crippen molar-refractivity contribution in [2.75, 3.05) is 13.7 Å². The predicted molar refractivity (Wildman–Crippen MR) is 55.6 cm³/mol. The van der Waals surface area contributed by atoms with Crippen LogP contribution in [0.25, 0.3) is 0 Å². The summed E-state index contributed by atoms with van der Waals surface area (Å²) in [6.07, 6.45) is 3.71. The smallest absolute Gasteiger partial charge is 0.512 e. The lowest BCUT2D eigenvalue weighted by atomic mass is 10.0. The fourth-order valence-electron chi connectivity index (χ4n) is 1.24. The summed E-state index contributed by atoms with van der Waals surface area (Å²) in [6, 6.07) is 0. The van der Waals surface area contributed by atoms with Crippen LogP contribution in [-0.4, -0.2) is 36.7 Å². The van der Waals surface area contributed by atoms with Crippen molar-refractivity contribution in [2.45, 2.75) is 6.42 Å². The van der Waals surface area contributed by atoms with Crippen LogP contribution >= 0.6 is 0 Å². The Bertz CT molecular complexity index is 312. The van der Waals surface area contributed by atoms with Gasteiger partial charge in [-0.1, -0.05) is 5.16 Å². The number of nitrogens with two attached hydrogens (primary N) is 1. The summed E-state index contributed by atoms with van der Waals surface area (Å²) in [6.45, 7) is 0.259. The average Bonchev–Trinajstić information content (AvgIpc) is 2.20. The van der Waals surface area contributed by atoms with Crippen LogP contribution < -0.4 is 5.73 Å². The molecule has 0 bridgehead atoms. The summed E-state index contributed by atoms with van der Waals surface area (Å²) < 4.78 is 4.75. The van der Waals surface area contributed by atoms with Gasteiger partial charge >= 0.3 is 7.32 Å². The van der Waals surface area contributed by atoms with E-state index in [-0.39, 0.29) is 6.54 Å². The first-order valence-electron chi connectivity index (χ1n) is 4.40. The Kier molecular flexibility index (Phi) is 4.35. The molecule has 0 heterocycles. The monoisotopic (exact) mass is 212 g/mol. The zero-order valence-corrected chi connectivity index (χ0v) is 8.38. The molecular weight excluding hydrogens is 199 g/mol. The van der Waals surface area contributed by atoms with Crippen molar-refractivity contribution < 1.29 is 19.5 Å². The third-order valence-electron chi connectivity index (χ3n) is 1.86. The Morgan fingerprint density at radius 1 is 1.53 bits per heavy atom. The quantitative estimate of drug-likeness (QED) is 0.416. The first-order chi connectivity index (χ1) is 7.17. The maximum absolute atomic E-state index is 8.66. The van der Waals surface area contributed by atoms with E-state index in [1.807, 2.05) is 0 Å². The van der Waals surface area contributed by atoms with E-state index in [1.54, 1.807) is 12.2 Å². The average molecular weight is 212 g/mol. The molecule has 0 atom stereocenters. The van der Waals surface area contributed by atoms with Crippen molar-refractivity contribution in [2.24, 2.45) is 10.9 Å². The Morgan fingerprint density at radius 3 is 2.80 bits per heavy atom. The zero-order chi connectivity index (χ0) is 11.3. The minimum Gasteiger partial charge on any atom is -0.512 e. The number of rotatable bonds is 4. The van der Waals surface area contributed by atoms with E-state index in [0.29, 0.717) is 17.9 Å². The molecule has 0 spiro atoms. The van der Waals surface area contributed by atoms with Gasteiger partial charge in [0.15, 0.2) is 0 Å². The van der Waals surface area contributed by atoms with E-state index in [4.69, 9.17) is 20.4 Å². The van der Waals surface area contributed by atoms with Crippen molar-refractivity contribution in [1.29, 1.82) is 0 Å². The molecule has 6 nitrogen and oxygen atoms in total. The van der Waals surface area contributed by atoms with Gasteiger partial charge in [0.1, 0.15) is 12.9 Å². The van der Waals surface area contributed by atoms with E-state index in [2.05, 4.69) is 9.99 Å². The molecule has 0 aromatic heterocycles. The number of hydrogen-bond donors (Lipinski definition) is 3. The van der Waals surface area contributed by atoms with Crippen molar-refractivity contribution in [1.82, 2.24) is 0 Å². The van der Waals surface area contributed by atoms with Crippen LogP contribution in [0, 0.1) is 0 Å². The lowest BCUT2D eigenvalue weighted by Crippen LogP contribution is -2.21. The zero-order valence-electron chi connectivity index (χ0n) is 8.38. The molecule has 82 valence electrons. The first-order valence-corrected chi connectivity index (χ1v) is 4.40. The van der Waals surface area contributed by atoms with E-state index >= 15 is 0 Å². The number of nitrogens with zero attached hydrogens (tertiary/aromatic N) is 1. The highest BCUT2D eigenvalue weighted by molar-refractivity contribution is 6.33. The number of allylic oxidation sites excluding steroid dienone is 2. The molecule has 4 N–H and O–H groups in total. The molecule has 0 aliphatic heterocycles. The summed E-state index contributed by atoms with van der Waals surface area (Å²) >= 11 is 0. The van der Waals surface area contributed by atoms with Gasteiger partial charge in [-0.15, -0.1) is 0 Å². The van der Waals surface area contributed by atoms with Crippen LogP contribution in [0.3, 0.4) is 0 Å². The summed E-state index contributed by atoms with van der Waals surface area (Å²) in [7, 11) is -0.386. The maximum atomic E-state index is 8.66. The van der Waals surface area contributed by atoms with Gasteiger partial charge in [-0.3, -0.25) is 0 Å². The minimum absolute atomic E-state index is 0.259. The lowest BCUT2D eigenvalue weighted by molar-refractivity contribution is 0.213. The highest BCUT2D eigenvalue weighted by Crippen LogP contribution is 2.18. The molecule has 0 fully saturated rings. The fourth-order valence-corrected chi connectivity index (χ4v) is 1.24. The van der Waals surface area contributed by atoms with Crippen LogP contribution in [-0.2, 0) is 9.49 Å². The third kappa shape index (κ3) is 3.39. The van der Waals surface area contributed by atoms with Crippen LogP contribution in [0.4, 0.5) is 0 Å². The molecule has 15 heavy (non-hydrogen) atoms. The largest absolute Gasteiger partial charge is 0.707 e. The molecule has 0 radical (unpaired) electrons.